The highest BCUT2D eigenvalue weighted by Gasteiger charge is 2.36. The van der Waals surface area contributed by atoms with Gasteiger partial charge in [0.25, 0.3) is 11.1 Å². The van der Waals surface area contributed by atoms with Crippen LogP contribution in [0, 0.1) is 0 Å². The molecule has 0 spiro atoms. The summed E-state index contributed by atoms with van der Waals surface area (Å²) in [6, 6.07) is 19.4. The van der Waals surface area contributed by atoms with E-state index in [1.807, 2.05) is 30.3 Å². The number of amides is 3. The Morgan fingerprint density at radius 1 is 1.03 bits per heavy atom. The molecule has 1 saturated heterocycles. The Labute approximate surface area is 222 Å². The summed E-state index contributed by atoms with van der Waals surface area (Å²) in [6.07, 6.45) is 1.50. The minimum Gasteiger partial charge on any atom is -0.497 e. The number of benzene rings is 3. The molecule has 0 radical (unpaired) electrons. The van der Waals surface area contributed by atoms with Crippen molar-refractivity contribution in [3.05, 3.63) is 92.8 Å². The number of carbonyl (C=O) groups excluding carboxylic acids is 3. The quantitative estimate of drug-likeness (QED) is 0.338. The lowest BCUT2D eigenvalue weighted by atomic mass is 10.2. The lowest BCUT2D eigenvalue weighted by Crippen LogP contribution is -2.36. The zero-order chi connectivity index (χ0) is 25.7. The summed E-state index contributed by atoms with van der Waals surface area (Å²) < 4.78 is 10.8. The molecule has 0 aromatic heterocycles. The van der Waals surface area contributed by atoms with Crippen LogP contribution in [-0.4, -0.2) is 35.6 Å². The van der Waals surface area contributed by atoms with Crippen molar-refractivity contribution >= 4 is 63.8 Å². The topological polar surface area (TPSA) is 84.9 Å². The summed E-state index contributed by atoms with van der Waals surface area (Å²) in [4.78, 5) is 38.7. The maximum Gasteiger partial charge on any atom is 0.294 e. The van der Waals surface area contributed by atoms with E-state index in [9.17, 15) is 14.4 Å². The van der Waals surface area contributed by atoms with Crippen molar-refractivity contribution in [2.75, 3.05) is 19.0 Å². The summed E-state index contributed by atoms with van der Waals surface area (Å²) >= 11 is 13.5. The Morgan fingerprint density at radius 3 is 2.33 bits per heavy atom. The number of anilines is 1. The van der Waals surface area contributed by atoms with Crippen LogP contribution >= 0.6 is 35.0 Å². The van der Waals surface area contributed by atoms with Crippen molar-refractivity contribution in [2.45, 2.75) is 6.61 Å². The molecule has 1 aliphatic rings. The maximum absolute atomic E-state index is 12.8. The zero-order valence-electron chi connectivity index (χ0n) is 19.0. The Morgan fingerprint density at radius 2 is 1.69 bits per heavy atom. The summed E-state index contributed by atoms with van der Waals surface area (Å²) in [5.41, 5.74) is 1.99. The van der Waals surface area contributed by atoms with Gasteiger partial charge in [-0.3, -0.25) is 19.3 Å². The van der Waals surface area contributed by atoms with E-state index >= 15 is 0 Å². The molecule has 3 aromatic carbocycles. The molecule has 7 nitrogen and oxygen atoms in total. The third-order valence-electron chi connectivity index (χ3n) is 5.09. The van der Waals surface area contributed by atoms with E-state index in [4.69, 9.17) is 32.7 Å². The fourth-order valence-electron chi connectivity index (χ4n) is 3.34. The van der Waals surface area contributed by atoms with E-state index in [-0.39, 0.29) is 21.6 Å². The van der Waals surface area contributed by atoms with Gasteiger partial charge in [-0.05, 0) is 65.4 Å². The second-order valence-corrected chi connectivity index (χ2v) is 9.44. The van der Waals surface area contributed by atoms with Crippen LogP contribution in [0.2, 0.25) is 10.0 Å². The smallest absolute Gasteiger partial charge is 0.294 e. The SMILES string of the molecule is COc1ccc(NC(=O)CN2C(=O)S/C(=C/c3cc(Cl)c(OCc4ccccc4)c(Cl)c3)C2=O)cc1. The van der Waals surface area contributed by atoms with Crippen LogP contribution in [0.4, 0.5) is 10.5 Å². The molecule has 3 amide bonds. The van der Waals surface area contributed by atoms with Crippen LogP contribution in [0.25, 0.3) is 6.08 Å². The van der Waals surface area contributed by atoms with Gasteiger partial charge in [0.1, 0.15) is 18.9 Å². The molecule has 0 atom stereocenters. The Bertz CT molecular complexity index is 1310. The fraction of sp³-hybridized carbons (Fsp3) is 0.115. The van der Waals surface area contributed by atoms with Gasteiger partial charge in [-0.2, -0.15) is 0 Å². The first-order chi connectivity index (χ1) is 17.3. The van der Waals surface area contributed by atoms with Crippen LogP contribution in [0.15, 0.2) is 71.6 Å². The summed E-state index contributed by atoms with van der Waals surface area (Å²) in [6.45, 7) is -0.126. The Hall–Kier alpha value is -3.46. The average molecular weight is 543 g/mol. The monoisotopic (exact) mass is 542 g/mol. The molecule has 36 heavy (non-hydrogen) atoms. The highest BCUT2D eigenvalue weighted by Crippen LogP contribution is 2.37. The first-order valence-corrected chi connectivity index (χ1v) is 12.3. The van der Waals surface area contributed by atoms with Gasteiger partial charge in [0, 0.05) is 5.69 Å². The van der Waals surface area contributed by atoms with Gasteiger partial charge >= 0.3 is 0 Å². The molecule has 0 unspecified atom stereocenters. The summed E-state index contributed by atoms with van der Waals surface area (Å²) in [7, 11) is 1.54. The van der Waals surface area contributed by atoms with Crippen LogP contribution in [0.1, 0.15) is 11.1 Å². The van der Waals surface area contributed by atoms with Crippen molar-refractivity contribution in [3.63, 3.8) is 0 Å². The first kappa shape index (κ1) is 25.6. The van der Waals surface area contributed by atoms with E-state index < -0.39 is 23.6 Å². The van der Waals surface area contributed by atoms with Crippen LogP contribution in [-0.2, 0) is 16.2 Å². The molecule has 0 bridgehead atoms. The molecule has 10 heteroatoms. The van der Waals surface area contributed by atoms with E-state index in [0.29, 0.717) is 22.7 Å². The van der Waals surface area contributed by atoms with E-state index in [2.05, 4.69) is 5.32 Å². The number of thioether (sulfide) groups is 1. The van der Waals surface area contributed by atoms with Crippen molar-refractivity contribution in [3.8, 4) is 11.5 Å². The van der Waals surface area contributed by atoms with Gasteiger partial charge in [0.2, 0.25) is 5.91 Å². The molecule has 0 saturated carbocycles. The van der Waals surface area contributed by atoms with Crippen LogP contribution in [0.5, 0.6) is 11.5 Å². The number of imide groups is 1. The normalized spacial score (nSPS) is 14.3. The number of nitrogens with zero attached hydrogens (tertiary/aromatic N) is 1. The molecule has 1 fully saturated rings. The standard InChI is InChI=1S/C26H20Cl2N2O5S/c1-34-19-9-7-18(8-10-19)29-23(31)14-30-25(32)22(36-26(30)33)13-17-11-20(27)24(21(28)12-17)35-15-16-5-3-2-4-6-16/h2-13H,14-15H2,1H3,(H,29,31)/b22-13+. The van der Waals surface area contributed by atoms with Gasteiger partial charge in [-0.15, -0.1) is 0 Å². The number of carbonyl (C=O) groups is 3. The number of methoxy groups -OCH3 is 1. The lowest BCUT2D eigenvalue weighted by molar-refractivity contribution is -0.127. The minimum absolute atomic E-state index is 0.155. The Kier molecular flexibility index (Phi) is 8.20. The fourth-order valence-corrected chi connectivity index (χ4v) is 4.79. The van der Waals surface area contributed by atoms with Gasteiger partial charge in [0.05, 0.1) is 22.1 Å². The second-order valence-electron chi connectivity index (χ2n) is 7.63. The molecule has 4 rings (SSSR count). The molecular weight excluding hydrogens is 523 g/mol. The Balaban J connectivity index is 1.42. The molecule has 3 aromatic rings. The minimum atomic E-state index is -0.577. The average Bonchev–Trinajstić information content (AvgIpc) is 3.11. The van der Waals surface area contributed by atoms with Gasteiger partial charge in [-0.1, -0.05) is 53.5 Å². The predicted octanol–water partition coefficient (Wildman–Crippen LogP) is 6.26. The van der Waals surface area contributed by atoms with Crippen LogP contribution in [0.3, 0.4) is 0 Å². The summed E-state index contributed by atoms with van der Waals surface area (Å²) in [5, 5.41) is 2.64. The number of ether oxygens (including phenoxy) is 2. The lowest BCUT2D eigenvalue weighted by Gasteiger charge is -2.13. The van der Waals surface area contributed by atoms with Crippen molar-refractivity contribution in [1.29, 1.82) is 0 Å². The van der Waals surface area contributed by atoms with Crippen molar-refractivity contribution in [2.24, 2.45) is 0 Å². The van der Waals surface area contributed by atoms with E-state index in [1.54, 1.807) is 36.4 Å². The highest BCUT2D eigenvalue weighted by atomic mass is 35.5. The number of hydrogen-bond acceptors (Lipinski definition) is 6. The molecule has 0 aliphatic carbocycles. The molecular formula is C26H20Cl2N2O5S. The van der Waals surface area contributed by atoms with Gasteiger partial charge in [-0.25, -0.2) is 0 Å². The van der Waals surface area contributed by atoms with Crippen molar-refractivity contribution < 1.29 is 23.9 Å². The zero-order valence-corrected chi connectivity index (χ0v) is 21.3. The van der Waals surface area contributed by atoms with Gasteiger partial charge in [0.15, 0.2) is 5.75 Å². The van der Waals surface area contributed by atoms with E-state index in [0.717, 1.165) is 22.2 Å². The van der Waals surface area contributed by atoms with Crippen molar-refractivity contribution in [1.82, 2.24) is 4.90 Å². The number of halogens is 2. The number of hydrogen-bond donors (Lipinski definition) is 1. The third-order valence-corrected chi connectivity index (χ3v) is 6.56. The predicted molar refractivity (Wildman–Crippen MR) is 142 cm³/mol. The first-order valence-electron chi connectivity index (χ1n) is 10.7. The molecule has 1 heterocycles. The number of rotatable bonds is 8. The molecule has 1 aliphatic heterocycles. The van der Waals surface area contributed by atoms with E-state index in [1.165, 1.54) is 13.2 Å². The third kappa shape index (κ3) is 6.20. The second kappa shape index (κ2) is 11.5. The summed E-state index contributed by atoms with van der Waals surface area (Å²) in [5.74, 6) is -0.121. The number of nitrogens with one attached hydrogen (secondary N) is 1. The largest absolute Gasteiger partial charge is 0.497 e. The highest BCUT2D eigenvalue weighted by molar-refractivity contribution is 8.18. The van der Waals surface area contributed by atoms with Gasteiger partial charge < -0.3 is 14.8 Å². The van der Waals surface area contributed by atoms with Crippen LogP contribution < -0.4 is 14.8 Å². The molecule has 1 N–H and O–H groups in total. The maximum atomic E-state index is 12.8. The molecule has 184 valence electrons.